The molecule has 1 heterocycles. The second-order valence-electron chi connectivity index (χ2n) is 3.57. The number of benzene rings is 1. The second kappa shape index (κ2) is 5.02. The molecule has 0 amide bonds. The predicted molar refractivity (Wildman–Crippen MR) is 68.9 cm³/mol. The van der Waals surface area contributed by atoms with Gasteiger partial charge in [0.2, 0.25) is 0 Å². The van der Waals surface area contributed by atoms with Gasteiger partial charge in [-0.25, -0.2) is 4.39 Å². The van der Waals surface area contributed by atoms with Crippen LogP contribution in [0.4, 0.5) is 4.39 Å². The van der Waals surface area contributed by atoms with E-state index in [2.05, 4.69) is 15.9 Å². The Morgan fingerprint density at radius 1 is 1.35 bits per heavy atom. The van der Waals surface area contributed by atoms with Crippen LogP contribution in [0.1, 0.15) is 5.56 Å². The maximum atomic E-state index is 13.0. The molecule has 2 aromatic rings. The Bertz CT molecular complexity index is 612. The molecule has 0 aliphatic rings. The molecule has 0 saturated heterocycles. The maximum absolute atomic E-state index is 13.0. The van der Waals surface area contributed by atoms with E-state index in [0.717, 1.165) is 0 Å². The average molecular weight is 317 g/mol. The monoisotopic (exact) mass is 315 g/mol. The maximum Gasteiger partial charge on any atom is 0.265 e. The fourth-order valence-corrected chi connectivity index (χ4v) is 2.35. The molecule has 0 saturated carbocycles. The Morgan fingerprint density at radius 2 is 2.12 bits per heavy atom. The van der Waals surface area contributed by atoms with Gasteiger partial charge >= 0.3 is 0 Å². The highest BCUT2D eigenvalue weighted by Gasteiger charge is 2.04. The molecule has 5 heteroatoms. The Balaban J connectivity index is 2.40. The minimum Gasteiger partial charge on any atom is -0.309 e. The van der Waals surface area contributed by atoms with Gasteiger partial charge in [0.25, 0.3) is 5.56 Å². The third kappa shape index (κ3) is 2.96. The lowest BCUT2D eigenvalue weighted by Gasteiger charge is -2.07. The number of hydrogen-bond acceptors (Lipinski definition) is 1. The molecule has 2 rings (SSSR count). The highest BCUT2D eigenvalue weighted by molar-refractivity contribution is 9.10. The van der Waals surface area contributed by atoms with Crippen molar-refractivity contribution in [1.29, 1.82) is 0 Å². The Labute approximate surface area is 111 Å². The van der Waals surface area contributed by atoms with Crippen molar-refractivity contribution in [3.05, 3.63) is 67.8 Å². The minimum atomic E-state index is -0.323. The van der Waals surface area contributed by atoms with Crippen LogP contribution >= 0.6 is 27.5 Å². The number of hydrogen-bond donors (Lipinski definition) is 0. The number of rotatable bonds is 2. The van der Waals surface area contributed by atoms with E-state index in [4.69, 9.17) is 11.6 Å². The molecule has 0 atom stereocenters. The number of aromatic nitrogens is 1. The predicted octanol–water partition coefficient (Wildman–Crippen LogP) is 3.45. The van der Waals surface area contributed by atoms with Crippen molar-refractivity contribution in [3.8, 4) is 0 Å². The standard InChI is InChI=1S/C12H8BrClFNO/c13-11-5-9(14)7-16(12(11)17)6-8-2-1-3-10(15)4-8/h1-5,7H,6H2. The second-order valence-corrected chi connectivity index (χ2v) is 4.86. The molecule has 0 aliphatic heterocycles. The van der Waals surface area contributed by atoms with Crippen LogP contribution in [0.5, 0.6) is 0 Å². The lowest BCUT2D eigenvalue weighted by molar-refractivity contribution is 0.622. The highest BCUT2D eigenvalue weighted by Crippen LogP contribution is 2.13. The van der Waals surface area contributed by atoms with E-state index in [0.29, 0.717) is 15.1 Å². The van der Waals surface area contributed by atoms with Crippen molar-refractivity contribution >= 4 is 27.5 Å². The van der Waals surface area contributed by atoms with Gasteiger partial charge in [0.1, 0.15) is 5.82 Å². The van der Waals surface area contributed by atoms with Crippen LogP contribution in [0, 0.1) is 5.82 Å². The lowest BCUT2D eigenvalue weighted by Crippen LogP contribution is -2.20. The summed E-state index contributed by atoms with van der Waals surface area (Å²) in [6.07, 6.45) is 1.53. The summed E-state index contributed by atoms with van der Waals surface area (Å²) in [7, 11) is 0. The first-order valence-corrected chi connectivity index (χ1v) is 6.03. The van der Waals surface area contributed by atoms with Crippen LogP contribution in [-0.2, 0) is 6.54 Å². The topological polar surface area (TPSA) is 22.0 Å². The Kier molecular flexibility index (Phi) is 3.64. The largest absolute Gasteiger partial charge is 0.309 e. The summed E-state index contributed by atoms with van der Waals surface area (Å²) >= 11 is 8.99. The molecule has 0 unspecified atom stereocenters. The average Bonchev–Trinajstić information content (AvgIpc) is 2.25. The van der Waals surface area contributed by atoms with Crippen molar-refractivity contribution in [2.24, 2.45) is 0 Å². The first-order valence-electron chi connectivity index (χ1n) is 4.86. The van der Waals surface area contributed by atoms with Crippen molar-refractivity contribution < 1.29 is 4.39 Å². The lowest BCUT2D eigenvalue weighted by atomic mass is 10.2. The van der Waals surface area contributed by atoms with Crippen molar-refractivity contribution in [2.45, 2.75) is 6.54 Å². The van der Waals surface area contributed by atoms with Gasteiger partial charge in [-0.05, 0) is 39.7 Å². The molecule has 0 bridgehead atoms. The van der Waals surface area contributed by atoms with Crippen LogP contribution in [0.2, 0.25) is 5.02 Å². The van der Waals surface area contributed by atoms with Gasteiger partial charge < -0.3 is 4.57 Å². The van der Waals surface area contributed by atoms with Gasteiger partial charge in [0, 0.05) is 6.20 Å². The van der Waals surface area contributed by atoms with Crippen LogP contribution in [0.15, 0.2) is 45.8 Å². The van der Waals surface area contributed by atoms with E-state index in [-0.39, 0.29) is 17.9 Å². The van der Waals surface area contributed by atoms with E-state index in [9.17, 15) is 9.18 Å². The minimum absolute atomic E-state index is 0.196. The molecule has 1 aromatic heterocycles. The van der Waals surface area contributed by atoms with Gasteiger partial charge in [-0.3, -0.25) is 4.79 Å². The van der Waals surface area contributed by atoms with E-state index >= 15 is 0 Å². The first-order chi connectivity index (χ1) is 8.06. The number of halogens is 3. The van der Waals surface area contributed by atoms with Crippen molar-refractivity contribution in [1.82, 2.24) is 4.57 Å². The van der Waals surface area contributed by atoms with Gasteiger partial charge in [-0.1, -0.05) is 23.7 Å². The zero-order chi connectivity index (χ0) is 12.4. The van der Waals surface area contributed by atoms with Crippen molar-refractivity contribution in [3.63, 3.8) is 0 Å². The highest BCUT2D eigenvalue weighted by atomic mass is 79.9. The first kappa shape index (κ1) is 12.3. The zero-order valence-electron chi connectivity index (χ0n) is 8.66. The van der Waals surface area contributed by atoms with E-state index in [1.54, 1.807) is 12.1 Å². The van der Waals surface area contributed by atoms with Gasteiger partial charge in [0.15, 0.2) is 0 Å². The fraction of sp³-hybridized carbons (Fsp3) is 0.0833. The van der Waals surface area contributed by atoms with Crippen LogP contribution in [0.25, 0.3) is 0 Å². The quantitative estimate of drug-likeness (QED) is 0.832. The number of nitrogens with zero attached hydrogens (tertiary/aromatic N) is 1. The molecule has 0 radical (unpaired) electrons. The van der Waals surface area contributed by atoms with E-state index in [1.165, 1.54) is 29.0 Å². The van der Waals surface area contributed by atoms with E-state index in [1.807, 2.05) is 0 Å². The zero-order valence-corrected chi connectivity index (χ0v) is 11.0. The number of pyridine rings is 1. The molecule has 0 fully saturated rings. The summed E-state index contributed by atoms with van der Waals surface area (Å²) in [4.78, 5) is 11.8. The normalized spacial score (nSPS) is 10.5. The summed E-state index contributed by atoms with van der Waals surface area (Å²) in [5, 5.41) is 0.452. The van der Waals surface area contributed by atoms with Gasteiger partial charge in [0.05, 0.1) is 16.0 Å². The molecule has 0 aliphatic carbocycles. The van der Waals surface area contributed by atoms with Gasteiger partial charge in [-0.15, -0.1) is 0 Å². The molecular weight excluding hydrogens is 308 g/mol. The molecule has 0 spiro atoms. The SMILES string of the molecule is O=c1c(Br)cc(Cl)cn1Cc1cccc(F)c1. The summed E-state index contributed by atoms with van der Waals surface area (Å²) < 4.78 is 14.8. The molecule has 1 aromatic carbocycles. The molecule has 0 N–H and O–H groups in total. The summed E-state index contributed by atoms with van der Waals surface area (Å²) in [6, 6.07) is 7.65. The third-order valence-corrected chi connectivity index (χ3v) is 3.03. The molecular formula is C12H8BrClFNO. The Morgan fingerprint density at radius 3 is 2.82 bits per heavy atom. The Hall–Kier alpha value is -1.13. The fourth-order valence-electron chi connectivity index (χ4n) is 1.51. The molecule has 2 nitrogen and oxygen atoms in total. The summed E-state index contributed by atoms with van der Waals surface area (Å²) in [6.45, 7) is 0.287. The van der Waals surface area contributed by atoms with Crippen molar-refractivity contribution in [2.75, 3.05) is 0 Å². The van der Waals surface area contributed by atoms with Gasteiger partial charge in [-0.2, -0.15) is 0 Å². The van der Waals surface area contributed by atoms with Crippen LogP contribution < -0.4 is 5.56 Å². The van der Waals surface area contributed by atoms with E-state index < -0.39 is 0 Å². The summed E-state index contributed by atoms with van der Waals surface area (Å²) in [5.74, 6) is -0.323. The van der Waals surface area contributed by atoms with Crippen LogP contribution in [-0.4, -0.2) is 4.57 Å². The smallest absolute Gasteiger partial charge is 0.265 e. The summed E-state index contributed by atoms with van der Waals surface area (Å²) in [5.41, 5.74) is 0.514. The third-order valence-electron chi connectivity index (χ3n) is 2.25. The van der Waals surface area contributed by atoms with Crippen LogP contribution in [0.3, 0.4) is 0 Å². The molecule has 17 heavy (non-hydrogen) atoms. The molecule has 88 valence electrons.